The molecular formula is C73H142O17P2. The molecule has 546 valence electrons. The standard InChI is InChI=1S/C73H142O17P2/c1-9-65(7)51-43-35-27-17-15-13-11-12-14-16-18-29-37-45-53-70(75)83-59-68(89-72(77)55-47-39-31-23-20-26-34-42-50-64(5)6)61-87-91(79,80)85-57-67(74)58-86-92(81,82)88-62-69(60-84-71(76)54-46-38-30-22-19-25-33-41-49-63(3)4)90-73(78)56-48-40-32-24-21-28-36-44-52-66(8)10-2/h63-69,74H,9-62H2,1-8H3,(H,79,80)(H,81,82)/t65?,66?,67?,68-,69-/m1/s1. The molecule has 0 aliphatic heterocycles. The van der Waals surface area contributed by atoms with Crippen molar-refractivity contribution in [2.45, 2.75) is 382 Å². The first kappa shape index (κ1) is 90.1. The first-order chi connectivity index (χ1) is 44.2. The Morgan fingerprint density at radius 1 is 0.304 bits per heavy atom. The molecular weight excluding hydrogens is 1210 g/mol. The number of rotatable bonds is 70. The quantitative estimate of drug-likeness (QED) is 0.0222. The van der Waals surface area contributed by atoms with Gasteiger partial charge in [0.2, 0.25) is 0 Å². The number of esters is 4. The smallest absolute Gasteiger partial charge is 0.462 e. The van der Waals surface area contributed by atoms with Crippen LogP contribution in [0.3, 0.4) is 0 Å². The van der Waals surface area contributed by atoms with Gasteiger partial charge in [0.25, 0.3) is 0 Å². The topological polar surface area (TPSA) is 237 Å². The number of hydrogen-bond acceptors (Lipinski definition) is 15. The molecule has 0 amide bonds. The maximum Gasteiger partial charge on any atom is 0.472 e. The van der Waals surface area contributed by atoms with E-state index in [1.807, 2.05) is 0 Å². The van der Waals surface area contributed by atoms with E-state index in [1.54, 1.807) is 0 Å². The Balaban J connectivity index is 5.22. The number of aliphatic hydroxyl groups is 1. The molecule has 0 saturated heterocycles. The molecule has 0 aromatic carbocycles. The Bertz CT molecular complexity index is 1820. The molecule has 0 saturated carbocycles. The van der Waals surface area contributed by atoms with Crippen LogP contribution in [0.2, 0.25) is 0 Å². The lowest BCUT2D eigenvalue weighted by Gasteiger charge is -2.21. The molecule has 0 aromatic heterocycles. The van der Waals surface area contributed by atoms with Gasteiger partial charge in [0.15, 0.2) is 12.2 Å². The Labute approximate surface area is 562 Å². The molecule has 0 aliphatic carbocycles. The second-order valence-electron chi connectivity index (χ2n) is 27.8. The summed E-state index contributed by atoms with van der Waals surface area (Å²) in [6.45, 7) is 14.1. The van der Waals surface area contributed by atoms with E-state index in [-0.39, 0.29) is 25.7 Å². The predicted octanol–water partition coefficient (Wildman–Crippen LogP) is 20.9. The van der Waals surface area contributed by atoms with Crippen molar-refractivity contribution >= 4 is 39.5 Å². The molecule has 0 radical (unpaired) electrons. The highest BCUT2D eigenvalue weighted by molar-refractivity contribution is 7.47. The van der Waals surface area contributed by atoms with E-state index in [0.717, 1.165) is 114 Å². The Morgan fingerprint density at radius 3 is 0.772 bits per heavy atom. The number of aliphatic hydroxyl groups excluding tert-OH is 1. The summed E-state index contributed by atoms with van der Waals surface area (Å²) in [7, 11) is -9.91. The van der Waals surface area contributed by atoms with E-state index < -0.39 is 97.5 Å². The molecule has 0 bridgehead atoms. The van der Waals surface area contributed by atoms with E-state index in [2.05, 4.69) is 55.4 Å². The number of phosphoric acid groups is 2. The minimum atomic E-state index is -4.95. The van der Waals surface area contributed by atoms with Crippen molar-refractivity contribution in [3.63, 3.8) is 0 Å². The van der Waals surface area contributed by atoms with Gasteiger partial charge < -0.3 is 33.8 Å². The van der Waals surface area contributed by atoms with Crippen molar-refractivity contribution in [3.05, 3.63) is 0 Å². The zero-order chi connectivity index (χ0) is 68.2. The van der Waals surface area contributed by atoms with Crippen LogP contribution in [-0.2, 0) is 65.4 Å². The van der Waals surface area contributed by atoms with Crippen LogP contribution in [0.4, 0.5) is 0 Å². The monoisotopic (exact) mass is 1350 g/mol. The normalized spacial score (nSPS) is 14.8. The average Bonchev–Trinajstić information content (AvgIpc) is 2.95. The van der Waals surface area contributed by atoms with Crippen molar-refractivity contribution in [3.8, 4) is 0 Å². The van der Waals surface area contributed by atoms with Crippen molar-refractivity contribution in [1.29, 1.82) is 0 Å². The Kier molecular flexibility index (Phi) is 61.3. The molecule has 5 unspecified atom stereocenters. The summed E-state index contributed by atoms with van der Waals surface area (Å²) in [5.41, 5.74) is 0. The zero-order valence-corrected chi connectivity index (χ0v) is 62.0. The van der Waals surface area contributed by atoms with Crippen LogP contribution in [0, 0.1) is 23.7 Å². The molecule has 0 rings (SSSR count). The van der Waals surface area contributed by atoms with Gasteiger partial charge in [0.05, 0.1) is 26.4 Å². The number of carbonyl (C=O) groups is 4. The van der Waals surface area contributed by atoms with Crippen molar-refractivity contribution in [2.75, 3.05) is 39.6 Å². The lowest BCUT2D eigenvalue weighted by molar-refractivity contribution is -0.161. The second-order valence-corrected chi connectivity index (χ2v) is 30.7. The third-order valence-electron chi connectivity index (χ3n) is 17.5. The average molecular weight is 1350 g/mol. The number of hydrogen-bond donors (Lipinski definition) is 3. The molecule has 0 aliphatic rings. The highest BCUT2D eigenvalue weighted by Gasteiger charge is 2.30. The van der Waals surface area contributed by atoms with Crippen molar-refractivity contribution in [2.24, 2.45) is 23.7 Å². The summed E-state index contributed by atoms with van der Waals surface area (Å²) in [6.07, 6.45) is 45.8. The van der Waals surface area contributed by atoms with E-state index in [0.29, 0.717) is 25.7 Å². The summed E-state index contributed by atoms with van der Waals surface area (Å²) in [6, 6.07) is 0. The van der Waals surface area contributed by atoms with Gasteiger partial charge in [-0.25, -0.2) is 9.13 Å². The summed E-state index contributed by atoms with van der Waals surface area (Å²) >= 11 is 0. The van der Waals surface area contributed by atoms with Crippen LogP contribution in [0.5, 0.6) is 0 Å². The zero-order valence-electron chi connectivity index (χ0n) is 60.2. The van der Waals surface area contributed by atoms with Gasteiger partial charge in [0.1, 0.15) is 19.3 Å². The minimum Gasteiger partial charge on any atom is -0.462 e. The predicted molar refractivity (Wildman–Crippen MR) is 372 cm³/mol. The summed E-state index contributed by atoms with van der Waals surface area (Å²) < 4.78 is 68.4. The van der Waals surface area contributed by atoms with Crippen LogP contribution in [0.1, 0.15) is 364 Å². The molecule has 3 N–H and O–H groups in total. The van der Waals surface area contributed by atoms with Crippen molar-refractivity contribution in [1.82, 2.24) is 0 Å². The van der Waals surface area contributed by atoms with Gasteiger partial charge in [-0.3, -0.25) is 37.3 Å². The van der Waals surface area contributed by atoms with Gasteiger partial charge >= 0.3 is 39.5 Å². The molecule has 0 aromatic rings. The van der Waals surface area contributed by atoms with Crippen LogP contribution >= 0.6 is 15.6 Å². The maximum absolute atomic E-state index is 13.0. The summed E-state index contributed by atoms with van der Waals surface area (Å²) in [5, 5.41) is 10.6. The van der Waals surface area contributed by atoms with Crippen molar-refractivity contribution < 1.29 is 80.2 Å². The van der Waals surface area contributed by atoms with Crippen LogP contribution in [0.15, 0.2) is 0 Å². The third-order valence-corrected chi connectivity index (χ3v) is 19.4. The lowest BCUT2D eigenvalue weighted by Crippen LogP contribution is -2.30. The van der Waals surface area contributed by atoms with E-state index >= 15 is 0 Å². The van der Waals surface area contributed by atoms with Crippen LogP contribution in [-0.4, -0.2) is 96.7 Å². The van der Waals surface area contributed by atoms with Gasteiger partial charge in [-0.1, -0.05) is 312 Å². The second kappa shape index (κ2) is 62.6. The highest BCUT2D eigenvalue weighted by Crippen LogP contribution is 2.45. The third kappa shape index (κ3) is 64.1. The summed E-state index contributed by atoms with van der Waals surface area (Å²) in [4.78, 5) is 72.7. The first-order valence-electron chi connectivity index (χ1n) is 37.8. The number of carbonyl (C=O) groups excluding carboxylic acids is 4. The van der Waals surface area contributed by atoms with Gasteiger partial charge in [-0.15, -0.1) is 0 Å². The van der Waals surface area contributed by atoms with E-state index in [1.165, 1.54) is 167 Å². The van der Waals surface area contributed by atoms with Crippen LogP contribution < -0.4 is 0 Å². The molecule has 0 spiro atoms. The number of ether oxygens (including phenoxy) is 4. The minimum absolute atomic E-state index is 0.104. The first-order valence-corrected chi connectivity index (χ1v) is 40.8. The molecule has 0 heterocycles. The molecule has 0 fully saturated rings. The van der Waals surface area contributed by atoms with E-state index in [4.69, 9.17) is 37.0 Å². The fraction of sp³-hybridized carbons (Fsp3) is 0.945. The fourth-order valence-electron chi connectivity index (χ4n) is 11.0. The number of phosphoric ester groups is 2. The molecule has 19 heteroatoms. The van der Waals surface area contributed by atoms with E-state index in [9.17, 15) is 43.2 Å². The van der Waals surface area contributed by atoms with Gasteiger partial charge in [-0.2, -0.15) is 0 Å². The number of unbranched alkanes of at least 4 members (excludes halogenated alkanes) is 34. The SMILES string of the molecule is CCC(C)CCCCCCCCCCCCCCCCC(=O)OC[C@H](COP(=O)(O)OCC(O)COP(=O)(O)OC[C@@H](COC(=O)CCCCCCCCCCC(C)C)OC(=O)CCCCCCCCCCC(C)CC)OC(=O)CCCCCCCCCCC(C)C. The van der Waals surface area contributed by atoms with Crippen LogP contribution in [0.25, 0.3) is 0 Å². The highest BCUT2D eigenvalue weighted by atomic mass is 31.2. The van der Waals surface area contributed by atoms with Gasteiger partial charge in [0, 0.05) is 25.7 Å². The lowest BCUT2D eigenvalue weighted by atomic mass is 9.99. The molecule has 7 atom stereocenters. The summed E-state index contributed by atoms with van der Waals surface area (Å²) in [5.74, 6) is 0.936. The molecule has 17 nitrogen and oxygen atoms in total. The largest absolute Gasteiger partial charge is 0.472 e. The molecule has 92 heavy (non-hydrogen) atoms. The maximum atomic E-state index is 13.0. The van der Waals surface area contributed by atoms with Gasteiger partial charge in [-0.05, 0) is 49.4 Å². The Morgan fingerprint density at radius 2 is 0.522 bits per heavy atom. The Hall–Kier alpha value is -1.94. The fourth-order valence-corrected chi connectivity index (χ4v) is 12.5.